The summed E-state index contributed by atoms with van der Waals surface area (Å²) in [5.74, 6) is -0.763. The molecule has 0 bridgehead atoms. The zero-order valence-corrected chi connectivity index (χ0v) is 12.8. The second-order valence-corrected chi connectivity index (χ2v) is 5.31. The first kappa shape index (κ1) is 15.9. The third-order valence-corrected chi connectivity index (χ3v) is 3.68. The second-order valence-electron chi connectivity index (χ2n) is 5.31. The SMILES string of the molecule is C=C1NC(=O)CCC1N1C(=C)C(/C=C(\C)F)=C(/C=C\C)C1=O. The van der Waals surface area contributed by atoms with Crippen LogP contribution in [0.3, 0.4) is 0 Å². The number of nitrogens with zero attached hydrogens (tertiary/aromatic N) is 1. The summed E-state index contributed by atoms with van der Waals surface area (Å²) >= 11 is 0. The molecule has 1 N–H and O–H groups in total. The largest absolute Gasteiger partial charge is 0.328 e. The number of hydrogen-bond donors (Lipinski definition) is 1. The Balaban J connectivity index is 2.40. The van der Waals surface area contributed by atoms with Crippen LogP contribution in [-0.2, 0) is 9.59 Å². The number of halogens is 1. The molecule has 1 unspecified atom stereocenters. The Kier molecular flexibility index (Phi) is 4.45. The quantitative estimate of drug-likeness (QED) is 0.871. The summed E-state index contributed by atoms with van der Waals surface area (Å²) in [6.45, 7) is 10.9. The van der Waals surface area contributed by atoms with Crippen LogP contribution in [0, 0.1) is 0 Å². The second kappa shape index (κ2) is 6.13. The zero-order chi connectivity index (χ0) is 16.4. The van der Waals surface area contributed by atoms with Gasteiger partial charge in [-0.25, -0.2) is 4.39 Å². The Morgan fingerprint density at radius 2 is 2.05 bits per heavy atom. The number of rotatable bonds is 3. The van der Waals surface area contributed by atoms with Gasteiger partial charge in [-0.3, -0.25) is 14.5 Å². The molecule has 0 radical (unpaired) electrons. The van der Waals surface area contributed by atoms with Crippen molar-refractivity contribution in [2.45, 2.75) is 32.7 Å². The predicted octanol–water partition coefficient (Wildman–Crippen LogP) is 2.88. The van der Waals surface area contributed by atoms with Crippen molar-refractivity contribution < 1.29 is 14.0 Å². The molecule has 1 saturated heterocycles. The van der Waals surface area contributed by atoms with E-state index in [1.54, 1.807) is 19.1 Å². The van der Waals surface area contributed by atoms with Crippen molar-refractivity contribution >= 4 is 11.8 Å². The van der Waals surface area contributed by atoms with Crippen LogP contribution < -0.4 is 5.32 Å². The van der Waals surface area contributed by atoms with Gasteiger partial charge in [-0.15, -0.1) is 0 Å². The first-order valence-corrected chi connectivity index (χ1v) is 7.09. The highest BCUT2D eigenvalue weighted by atomic mass is 19.1. The highest BCUT2D eigenvalue weighted by Gasteiger charge is 2.39. The molecule has 2 heterocycles. The Bertz CT molecular complexity index is 652. The van der Waals surface area contributed by atoms with Crippen molar-refractivity contribution in [3.05, 3.63) is 59.8 Å². The van der Waals surface area contributed by atoms with Crippen LogP contribution in [0.4, 0.5) is 4.39 Å². The van der Waals surface area contributed by atoms with Crippen molar-refractivity contribution in [2.24, 2.45) is 0 Å². The summed E-state index contributed by atoms with van der Waals surface area (Å²) in [6, 6.07) is -0.358. The van der Waals surface area contributed by atoms with Crippen molar-refractivity contribution in [2.75, 3.05) is 0 Å². The lowest BCUT2D eigenvalue weighted by molar-refractivity contribution is -0.128. The van der Waals surface area contributed by atoms with Gasteiger partial charge in [-0.2, -0.15) is 0 Å². The van der Waals surface area contributed by atoms with Crippen LogP contribution in [0.5, 0.6) is 0 Å². The van der Waals surface area contributed by atoms with E-state index in [2.05, 4.69) is 18.5 Å². The van der Waals surface area contributed by atoms with E-state index in [0.717, 1.165) is 0 Å². The average molecular weight is 302 g/mol. The van der Waals surface area contributed by atoms with Crippen molar-refractivity contribution in [3.63, 3.8) is 0 Å². The number of hydrogen-bond acceptors (Lipinski definition) is 2. The highest BCUT2D eigenvalue weighted by molar-refractivity contribution is 6.04. The average Bonchev–Trinajstić information content (AvgIpc) is 2.64. The van der Waals surface area contributed by atoms with Gasteiger partial charge < -0.3 is 5.32 Å². The van der Waals surface area contributed by atoms with E-state index in [1.807, 2.05) is 0 Å². The molecule has 0 aliphatic carbocycles. The number of carbonyl (C=O) groups excluding carboxylic acids is 2. The molecule has 22 heavy (non-hydrogen) atoms. The maximum absolute atomic E-state index is 13.3. The van der Waals surface area contributed by atoms with Crippen LogP contribution >= 0.6 is 0 Å². The zero-order valence-electron chi connectivity index (χ0n) is 12.8. The third-order valence-electron chi connectivity index (χ3n) is 3.68. The standard InChI is InChI=1S/C17H19FN2O2/c1-5-6-13-14(9-10(2)18)12(4)20(17(13)22)15-7-8-16(21)19-11(15)3/h5-6,9,15H,3-4,7-8H2,1-2H3,(H,19,21)/b6-5-,10-9+. The van der Waals surface area contributed by atoms with Crippen molar-refractivity contribution in [1.29, 1.82) is 0 Å². The normalized spacial score (nSPS) is 23.9. The number of allylic oxidation sites excluding steroid dienone is 3. The minimum absolute atomic E-state index is 0.111. The monoisotopic (exact) mass is 302 g/mol. The Morgan fingerprint density at radius 1 is 1.36 bits per heavy atom. The van der Waals surface area contributed by atoms with E-state index in [9.17, 15) is 14.0 Å². The lowest BCUT2D eigenvalue weighted by Gasteiger charge is -2.33. The maximum atomic E-state index is 13.3. The van der Waals surface area contributed by atoms with Gasteiger partial charge in [0.25, 0.3) is 5.91 Å². The molecule has 2 amide bonds. The van der Waals surface area contributed by atoms with Crippen molar-refractivity contribution in [3.8, 4) is 0 Å². The molecule has 0 aromatic heterocycles. The summed E-state index contributed by atoms with van der Waals surface area (Å²) in [6.07, 6.45) is 5.46. The maximum Gasteiger partial charge on any atom is 0.259 e. The molecule has 1 fully saturated rings. The van der Waals surface area contributed by atoms with Crippen LogP contribution in [-0.4, -0.2) is 22.8 Å². The van der Waals surface area contributed by atoms with E-state index in [1.165, 1.54) is 17.9 Å². The molecular formula is C17H19FN2O2. The summed E-state index contributed by atoms with van der Waals surface area (Å²) in [7, 11) is 0. The van der Waals surface area contributed by atoms with E-state index >= 15 is 0 Å². The number of piperidine rings is 1. The number of amides is 2. The first-order valence-electron chi connectivity index (χ1n) is 7.09. The minimum atomic E-state index is -0.399. The van der Waals surface area contributed by atoms with Gasteiger partial charge in [0.1, 0.15) is 0 Å². The summed E-state index contributed by atoms with van der Waals surface area (Å²) in [5, 5.41) is 2.66. The number of carbonyl (C=O) groups is 2. The van der Waals surface area contributed by atoms with E-state index in [-0.39, 0.29) is 17.9 Å². The van der Waals surface area contributed by atoms with Gasteiger partial charge in [0.15, 0.2) is 0 Å². The predicted molar refractivity (Wildman–Crippen MR) is 83.0 cm³/mol. The van der Waals surface area contributed by atoms with Crippen LogP contribution in [0.2, 0.25) is 0 Å². The van der Waals surface area contributed by atoms with Crippen molar-refractivity contribution in [1.82, 2.24) is 10.2 Å². The van der Waals surface area contributed by atoms with Gasteiger partial charge in [-0.05, 0) is 26.3 Å². The summed E-state index contributed by atoms with van der Waals surface area (Å²) < 4.78 is 13.3. The Labute approximate surface area is 129 Å². The highest BCUT2D eigenvalue weighted by Crippen LogP contribution is 2.35. The van der Waals surface area contributed by atoms with Gasteiger partial charge in [-0.1, -0.05) is 25.3 Å². The molecule has 0 saturated carbocycles. The minimum Gasteiger partial charge on any atom is -0.328 e. The molecule has 0 aromatic rings. The molecular weight excluding hydrogens is 283 g/mol. The van der Waals surface area contributed by atoms with Crippen LogP contribution in [0.15, 0.2) is 59.8 Å². The smallest absolute Gasteiger partial charge is 0.259 e. The fourth-order valence-corrected chi connectivity index (χ4v) is 2.72. The van der Waals surface area contributed by atoms with Gasteiger partial charge in [0.05, 0.1) is 11.9 Å². The molecule has 2 aliphatic rings. The Morgan fingerprint density at radius 3 is 2.59 bits per heavy atom. The first-order chi connectivity index (χ1) is 10.4. The van der Waals surface area contributed by atoms with Gasteiger partial charge in [0.2, 0.25) is 5.91 Å². The topological polar surface area (TPSA) is 49.4 Å². The third kappa shape index (κ3) is 2.79. The van der Waals surface area contributed by atoms with Crippen LogP contribution in [0.25, 0.3) is 0 Å². The molecule has 116 valence electrons. The molecule has 5 heteroatoms. The van der Waals surface area contributed by atoms with Crippen LogP contribution in [0.1, 0.15) is 26.7 Å². The lowest BCUT2D eigenvalue weighted by atomic mass is 10.0. The van der Waals surface area contributed by atoms with Gasteiger partial charge in [0, 0.05) is 29.0 Å². The van der Waals surface area contributed by atoms with E-state index in [0.29, 0.717) is 35.4 Å². The van der Waals surface area contributed by atoms with E-state index in [4.69, 9.17) is 0 Å². The summed E-state index contributed by atoms with van der Waals surface area (Å²) in [5.41, 5.74) is 1.76. The molecule has 1 atom stereocenters. The molecule has 2 aliphatic heterocycles. The molecule has 0 spiro atoms. The lowest BCUT2D eigenvalue weighted by Crippen LogP contribution is -2.46. The number of nitrogens with one attached hydrogen (secondary N) is 1. The fourth-order valence-electron chi connectivity index (χ4n) is 2.72. The summed E-state index contributed by atoms with van der Waals surface area (Å²) in [4.78, 5) is 25.6. The van der Waals surface area contributed by atoms with Gasteiger partial charge >= 0.3 is 0 Å². The molecule has 0 aromatic carbocycles. The van der Waals surface area contributed by atoms with E-state index < -0.39 is 5.83 Å². The molecule has 2 rings (SSSR count). The Hall–Kier alpha value is -2.43. The molecule has 4 nitrogen and oxygen atoms in total. The fraction of sp³-hybridized carbons (Fsp3) is 0.294.